The van der Waals surface area contributed by atoms with Crippen LogP contribution in [0.15, 0.2) is 19.0 Å². The highest BCUT2D eigenvalue weighted by Gasteiger charge is 2.05. The molecule has 0 amide bonds. The number of hydrogen-bond acceptors (Lipinski definition) is 3. The Balaban J connectivity index is 2.74. The maximum Gasteiger partial charge on any atom is 0.179 e. The maximum absolute atomic E-state index is 11.2. The van der Waals surface area contributed by atoms with Crippen molar-refractivity contribution in [1.82, 2.24) is 15.1 Å². The van der Waals surface area contributed by atoms with Crippen LogP contribution in [0.2, 0.25) is 0 Å². The molecule has 1 rings (SSSR count). The fraction of sp³-hybridized carbons (Fsp3) is 0.250. The molecule has 0 spiro atoms. The molecule has 1 heterocycles. The van der Waals surface area contributed by atoms with Crippen LogP contribution in [0.5, 0.6) is 0 Å². The molecule has 12 heavy (non-hydrogen) atoms. The molecule has 0 bridgehead atoms. The third-order valence-electron chi connectivity index (χ3n) is 1.45. The summed E-state index contributed by atoms with van der Waals surface area (Å²) in [7, 11) is 1.73. The van der Waals surface area contributed by atoms with E-state index in [1.54, 1.807) is 13.2 Å². The zero-order valence-corrected chi connectivity index (χ0v) is 6.95. The minimum absolute atomic E-state index is 0.0330. The first-order valence-corrected chi connectivity index (χ1v) is 3.62. The molecule has 64 valence electrons. The lowest BCUT2D eigenvalue weighted by Crippen LogP contribution is -2.17. The fourth-order valence-corrected chi connectivity index (χ4v) is 0.844. The fourth-order valence-electron chi connectivity index (χ4n) is 0.844. The first kappa shape index (κ1) is 8.67. The Bertz CT molecular complexity index is 290. The van der Waals surface area contributed by atoms with Gasteiger partial charge in [-0.05, 0) is 7.05 Å². The van der Waals surface area contributed by atoms with Crippen molar-refractivity contribution in [3.63, 3.8) is 0 Å². The van der Waals surface area contributed by atoms with Gasteiger partial charge < -0.3 is 5.32 Å². The van der Waals surface area contributed by atoms with Gasteiger partial charge in [0.1, 0.15) is 0 Å². The lowest BCUT2D eigenvalue weighted by molar-refractivity contribution is 0.0993. The second-order valence-electron chi connectivity index (χ2n) is 2.35. The number of Topliss-reactive ketones (excluding diaryl/α,β-unsaturated/α-hetero) is 1. The van der Waals surface area contributed by atoms with E-state index in [0.29, 0.717) is 12.1 Å². The van der Waals surface area contributed by atoms with E-state index in [9.17, 15) is 4.79 Å². The number of ketones is 1. The maximum atomic E-state index is 11.2. The number of carbonyl (C=O) groups is 1. The van der Waals surface area contributed by atoms with Crippen molar-refractivity contribution < 1.29 is 4.79 Å². The number of aromatic nitrogens is 2. The van der Waals surface area contributed by atoms with Crippen molar-refractivity contribution in [2.45, 2.75) is 0 Å². The normalized spacial score (nSPS) is 9.75. The number of carbonyl (C=O) groups excluding carboxylic acids is 1. The molecular weight excluding hydrogens is 154 g/mol. The molecule has 0 aliphatic carbocycles. The molecule has 1 aromatic rings. The minimum atomic E-state index is 0.0330. The van der Waals surface area contributed by atoms with E-state index in [2.05, 4.69) is 17.0 Å². The van der Waals surface area contributed by atoms with Crippen molar-refractivity contribution in [2.75, 3.05) is 13.6 Å². The van der Waals surface area contributed by atoms with Crippen molar-refractivity contribution in [1.29, 1.82) is 0 Å². The van der Waals surface area contributed by atoms with E-state index < -0.39 is 0 Å². The SMILES string of the molecule is C=Cn1cc(C(=O)CNC)cn1. The van der Waals surface area contributed by atoms with Crippen LogP contribution in [0.4, 0.5) is 0 Å². The number of rotatable bonds is 4. The number of nitrogens with one attached hydrogen (secondary N) is 1. The Labute approximate surface area is 70.9 Å². The molecule has 1 aromatic heterocycles. The van der Waals surface area contributed by atoms with Crippen molar-refractivity contribution in [3.8, 4) is 0 Å². The number of hydrogen-bond donors (Lipinski definition) is 1. The first-order chi connectivity index (χ1) is 5.77. The van der Waals surface area contributed by atoms with E-state index >= 15 is 0 Å². The topological polar surface area (TPSA) is 46.9 Å². The number of nitrogens with zero attached hydrogens (tertiary/aromatic N) is 2. The van der Waals surface area contributed by atoms with Gasteiger partial charge >= 0.3 is 0 Å². The molecule has 0 aromatic carbocycles. The second-order valence-corrected chi connectivity index (χ2v) is 2.35. The molecule has 4 heteroatoms. The molecule has 0 aliphatic rings. The summed E-state index contributed by atoms with van der Waals surface area (Å²) in [5.74, 6) is 0.0330. The molecule has 0 radical (unpaired) electrons. The Morgan fingerprint density at radius 2 is 2.67 bits per heavy atom. The number of likely N-dealkylation sites (N-methyl/N-ethyl adjacent to an activating group) is 1. The highest BCUT2D eigenvalue weighted by molar-refractivity contribution is 5.97. The Kier molecular flexibility index (Phi) is 2.76. The largest absolute Gasteiger partial charge is 0.313 e. The average molecular weight is 165 g/mol. The molecule has 4 nitrogen and oxygen atoms in total. The van der Waals surface area contributed by atoms with Crippen molar-refractivity contribution in [3.05, 3.63) is 24.5 Å². The summed E-state index contributed by atoms with van der Waals surface area (Å²) in [6.07, 6.45) is 4.71. The van der Waals surface area contributed by atoms with Gasteiger partial charge in [0.05, 0.1) is 18.3 Å². The zero-order valence-electron chi connectivity index (χ0n) is 6.95. The lowest BCUT2D eigenvalue weighted by atomic mass is 10.2. The van der Waals surface area contributed by atoms with E-state index in [1.807, 2.05) is 0 Å². The summed E-state index contributed by atoms with van der Waals surface area (Å²) in [6, 6.07) is 0. The predicted octanol–water partition coefficient (Wildman–Crippen LogP) is 0.386. The van der Waals surface area contributed by atoms with Gasteiger partial charge in [0.15, 0.2) is 5.78 Å². The standard InChI is InChI=1S/C8H11N3O/c1-3-11-6-7(4-10-11)8(12)5-9-2/h3-4,6,9H,1,5H2,2H3. The van der Waals surface area contributed by atoms with Crippen LogP contribution in [0.25, 0.3) is 6.20 Å². The summed E-state index contributed by atoms with van der Waals surface area (Å²) in [4.78, 5) is 11.2. The third kappa shape index (κ3) is 1.79. The van der Waals surface area contributed by atoms with Crippen LogP contribution >= 0.6 is 0 Å². The summed E-state index contributed by atoms with van der Waals surface area (Å²) >= 11 is 0. The molecule has 1 N–H and O–H groups in total. The summed E-state index contributed by atoms with van der Waals surface area (Å²) < 4.78 is 1.50. The molecular formula is C8H11N3O. The molecule has 0 saturated heterocycles. The Hall–Kier alpha value is -1.42. The Morgan fingerprint density at radius 1 is 1.92 bits per heavy atom. The van der Waals surface area contributed by atoms with Gasteiger partial charge in [-0.1, -0.05) is 6.58 Å². The molecule has 0 saturated carbocycles. The molecule has 0 atom stereocenters. The smallest absolute Gasteiger partial charge is 0.179 e. The first-order valence-electron chi connectivity index (χ1n) is 3.62. The monoisotopic (exact) mass is 165 g/mol. The molecule has 0 unspecified atom stereocenters. The van der Waals surface area contributed by atoms with E-state index in [4.69, 9.17) is 0 Å². The summed E-state index contributed by atoms with van der Waals surface area (Å²) in [5.41, 5.74) is 0.601. The third-order valence-corrected chi connectivity index (χ3v) is 1.45. The Morgan fingerprint density at radius 3 is 3.17 bits per heavy atom. The highest BCUT2D eigenvalue weighted by Crippen LogP contribution is 1.98. The van der Waals surface area contributed by atoms with Crippen LogP contribution in [0, 0.1) is 0 Å². The van der Waals surface area contributed by atoms with Gasteiger partial charge in [-0.2, -0.15) is 5.10 Å². The van der Waals surface area contributed by atoms with Crippen LogP contribution in [-0.4, -0.2) is 29.2 Å². The van der Waals surface area contributed by atoms with Crippen molar-refractivity contribution in [2.24, 2.45) is 0 Å². The average Bonchev–Trinajstić information content (AvgIpc) is 2.52. The molecule has 0 aliphatic heterocycles. The van der Waals surface area contributed by atoms with Gasteiger partial charge in [0.2, 0.25) is 0 Å². The van der Waals surface area contributed by atoms with E-state index in [1.165, 1.54) is 17.1 Å². The van der Waals surface area contributed by atoms with Crippen LogP contribution < -0.4 is 5.32 Å². The summed E-state index contributed by atoms with van der Waals surface area (Å²) in [5, 5.41) is 6.67. The summed E-state index contributed by atoms with van der Waals surface area (Å²) in [6.45, 7) is 3.86. The lowest BCUT2D eigenvalue weighted by Gasteiger charge is -1.93. The highest BCUT2D eigenvalue weighted by atomic mass is 16.1. The van der Waals surface area contributed by atoms with Gasteiger partial charge in [-0.25, -0.2) is 4.68 Å². The van der Waals surface area contributed by atoms with Gasteiger partial charge in [-0.15, -0.1) is 0 Å². The van der Waals surface area contributed by atoms with Gasteiger partial charge in [0.25, 0.3) is 0 Å². The van der Waals surface area contributed by atoms with Crippen molar-refractivity contribution >= 4 is 12.0 Å². The molecule has 0 fully saturated rings. The second kappa shape index (κ2) is 3.82. The van der Waals surface area contributed by atoms with E-state index in [0.717, 1.165) is 0 Å². The minimum Gasteiger partial charge on any atom is -0.313 e. The zero-order chi connectivity index (χ0) is 8.97. The van der Waals surface area contributed by atoms with Crippen LogP contribution in [0.1, 0.15) is 10.4 Å². The van der Waals surface area contributed by atoms with Gasteiger partial charge in [-0.3, -0.25) is 4.79 Å². The van der Waals surface area contributed by atoms with Gasteiger partial charge in [0, 0.05) is 12.4 Å². The van der Waals surface area contributed by atoms with Crippen LogP contribution in [-0.2, 0) is 0 Å². The van der Waals surface area contributed by atoms with Crippen LogP contribution in [0.3, 0.4) is 0 Å². The predicted molar refractivity (Wildman–Crippen MR) is 46.9 cm³/mol. The van der Waals surface area contributed by atoms with E-state index in [-0.39, 0.29) is 5.78 Å². The quantitative estimate of drug-likeness (QED) is 0.656.